The zero-order valence-corrected chi connectivity index (χ0v) is 12.2. The first-order chi connectivity index (χ1) is 9.43. The highest BCUT2D eigenvalue weighted by Gasteiger charge is 2.55. The third-order valence-electron chi connectivity index (χ3n) is 3.59. The number of hydrogen-bond donors (Lipinski definition) is 1. The molecule has 0 amide bonds. The van der Waals surface area contributed by atoms with Gasteiger partial charge in [0.25, 0.3) is 0 Å². The number of rotatable bonds is 4. The summed E-state index contributed by atoms with van der Waals surface area (Å²) in [7, 11) is 0. The van der Waals surface area contributed by atoms with Crippen LogP contribution in [0, 0.1) is 25.1 Å². The van der Waals surface area contributed by atoms with Crippen molar-refractivity contribution < 1.29 is 22.7 Å². The summed E-state index contributed by atoms with van der Waals surface area (Å²) in [6.07, 6.45) is -1.38. The largest absolute Gasteiger partial charge is 0.418 e. The Bertz CT molecular complexity index is 554. The monoisotopic (exact) mass is 302 g/mol. The molecule has 5 heteroatoms. The summed E-state index contributed by atoms with van der Waals surface area (Å²) in [6, 6.07) is 3.94. The van der Waals surface area contributed by atoms with Crippen molar-refractivity contribution in [2.75, 3.05) is 0 Å². The lowest BCUT2D eigenvalue weighted by Crippen LogP contribution is -2.49. The zero-order valence-electron chi connectivity index (χ0n) is 12.2. The van der Waals surface area contributed by atoms with E-state index in [0.29, 0.717) is 11.1 Å². The molecule has 0 heterocycles. The van der Waals surface area contributed by atoms with E-state index in [9.17, 15) is 22.7 Å². The van der Waals surface area contributed by atoms with E-state index in [1.807, 2.05) is 5.92 Å². The lowest BCUT2D eigenvalue weighted by atomic mass is 9.72. The predicted molar refractivity (Wildman–Crippen MR) is 73.2 cm³/mol. The van der Waals surface area contributed by atoms with Gasteiger partial charge in [0, 0.05) is 6.42 Å². The second-order valence-corrected chi connectivity index (χ2v) is 5.93. The van der Waals surface area contributed by atoms with Gasteiger partial charge >= 0.3 is 6.18 Å². The summed E-state index contributed by atoms with van der Waals surface area (Å²) < 4.78 is 52.7. The minimum Gasteiger partial charge on any atom is -0.380 e. The summed E-state index contributed by atoms with van der Waals surface area (Å²) in [4.78, 5) is 0. The number of hydrogen-bond acceptors (Lipinski definition) is 1. The van der Waals surface area contributed by atoms with Crippen LogP contribution in [0.3, 0.4) is 0 Å². The number of benzene rings is 1. The molecular weight excluding hydrogens is 284 g/mol. The molecule has 116 valence electrons. The molecule has 21 heavy (non-hydrogen) atoms. The Hall–Kier alpha value is -1.54. The van der Waals surface area contributed by atoms with Crippen LogP contribution in [-0.4, -0.2) is 16.9 Å². The van der Waals surface area contributed by atoms with Crippen LogP contribution in [0.25, 0.3) is 0 Å². The Balaban J connectivity index is 3.24. The fraction of sp³-hybridized carbons (Fsp3) is 0.500. The molecule has 0 aliphatic rings. The molecule has 0 aromatic heterocycles. The van der Waals surface area contributed by atoms with E-state index in [1.54, 1.807) is 6.92 Å². The minimum absolute atomic E-state index is 0.419. The third kappa shape index (κ3) is 3.76. The molecule has 0 saturated carbocycles. The van der Waals surface area contributed by atoms with E-state index in [0.717, 1.165) is 0 Å². The number of aryl methyl sites for hydroxylation is 1. The average Bonchev–Trinajstić information content (AvgIpc) is 2.30. The van der Waals surface area contributed by atoms with Crippen molar-refractivity contribution in [3.63, 3.8) is 0 Å². The first-order valence-corrected chi connectivity index (χ1v) is 6.42. The molecule has 1 N–H and O–H groups in total. The van der Waals surface area contributed by atoms with Crippen molar-refractivity contribution in [2.45, 2.75) is 50.8 Å². The van der Waals surface area contributed by atoms with Gasteiger partial charge < -0.3 is 5.11 Å². The van der Waals surface area contributed by atoms with E-state index < -0.39 is 35.9 Å². The molecule has 0 saturated heterocycles. The maximum absolute atomic E-state index is 13.4. The molecule has 1 nitrogen and oxygen atoms in total. The molecule has 0 aliphatic carbocycles. The summed E-state index contributed by atoms with van der Waals surface area (Å²) in [5.41, 5.74) is -3.01. The molecular formula is C16H18F4O. The molecule has 1 aromatic rings. The Labute approximate surface area is 122 Å². The van der Waals surface area contributed by atoms with Crippen LogP contribution < -0.4 is 0 Å². The predicted octanol–water partition coefficient (Wildman–Crippen LogP) is 4.12. The molecule has 0 bridgehead atoms. The van der Waals surface area contributed by atoms with Crippen molar-refractivity contribution in [1.82, 2.24) is 0 Å². The maximum Gasteiger partial charge on any atom is 0.418 e. The fourth-order valence-electron chi connectivity index (χ4n) is 2.58. The second kappa shape index (κ2) is 5.69. The molecule has 0 unspecified atom stereocenters. The molecule has 1 atom stereocenters. The second-order valence-electron chi connectivity index (χ2n) is 5.93. The van der Waals surface area contributed by atoms with Gasteiger partial charge in [-0.1, -0.05) is 19.9 Å². The Morgan fingerprint density at radius 2 is 1.81 bits per heavy atom. The van der Waals surface area contributed by atoms with Crippen LogP contribution in [-0.2, 0) is 5.41 Å². The Morgan fingerprint density at radius 1 is 1.24 bits per heavy atom. The first-order valence-electron chi connectivity index (χ1n) is 6.42. The molecule has 0 radical (unpaired) electrons. The van der Waals surface area contributed by atoms with Gasteiger partial charge in [0.15, 0.2) is 5.60 Å². The summed E-state index contributed by atoms with van der Waals surface area (Å²) >= 11 is 0. The van der Waals surface area contributed by atoms with Crippen molar-refractivity contribution in [3.05, 3.63) is 35.1 Å². The SMILES string of the molecule is C#CC[C@](O)(CC(C)(C)c1cc(F)ccc1C)C(F)(F)F. The van der Waals surface area contributed by atoms with Crippen LogP contribution in [0.1, 0.15) is 37.8 Å². The normalized spacial score (nSPS) is 15.4. The molecule has 1 aromatic carbocycles. The van der Waals surface area contributed by atoms with Gasteiger partial charge in [-0.2, -0.15) is 13.2 Å². The van der Waals surface area contributed by atoms with Crippen molar-refractivity contribution >= 4 is 0 Å². The van der Waals surface area contributed by atoms with Crippen molar-refractivity contribution in [2.24, 2.45) is 0 Å². The highest BCUT2D eigenvalue weighted by atomic mass is 19.4. The van der Waals surface area contributed by atoms with E-state index in [2.05, 4.69) is 0 Å². The van der Waals surface area contributed by atoms with Gasteiger partial charge in [-0.3, -0.25) is 0 Å². The molecule has 1 rings (SSSR count). The van der Waals surface area contributed by atoms with Crippen molar-refractivity contribution in [3.8, 4) is 12.3 Å². The lowest BCUT2D eigenvalue weighted by Gasteiger charge is -2.37. The molecule has 0 spiro atoms. The van der Waals surface area contributed by atoms with Crippen molar-refractivity contribution in [1.29, 1.82) is 0 Å². The average molecular weight is 302 g/mol. The maximum atomic E-state index is 13.4. The quantitative estimate of drug-likeness (QED) is 0.655. The van der Waals surface area contributed by atoms with Crippen LogP contribution in [0.2, 0.25) is 0 Å². The van der Waals surface area contributed by atoms with E-state index in [1.165, 1.54) is 32.0 Å². The fourth-order valence-corrected chi connectivity index (χ4v) is 2.58. The van der Waals surface area contributed by atoms with E-state index in [4.69, 9.17) is 6.42 Å². The van der Waals surface area contributed by atoms with Crippen LogP contribution in [0.15, 0.2) is 18.2 Å². The summed E-state index contributed by atoms with van der Waals surface area (Å²) in [6.45, 7) is 4.74. The third-order valence-corrected chi connectivity index (χ3v) is 3.59. The number of terminal acetylenes is 1. The van der Waals surface area contributed by atoms with Gasteiger partial charge in [0.05, 0.1) is 0 Å². The van der Waals surface area contributed by atoms with Crippen LogP contribution >= 0.6 is 0 Å². The van der Waals surface area contributed by atoms with Gasteiger partial charge in [-0.25, -0.2) is 4.39 Å². The molecule has 0 aliphatic heterocycles. The summed E-state index contributed by atoms with van der Waals surface area (Å²) in [5, 5.41) is 9.94. The summed E-state index contributed by atoms with van der Waals surface area (Å²) in [5.74, 6) is 1.34. The minimum atomic E-state index is -4.85. The highest BCUT2D eigenvalue weighted by Crippen LogP contribution is 2.43. The van der Waals surface area contributed by atoms with E-state index >= 15 is 0 Å². The standard InChI is InChI=1S/C16H18F4O/c1-5-8-15(21,16(18,19)20)10-14(3,4)13-9-12(17)7-6-11(13)2/h1,6-7,9,21H,8,10H2,2-4H3/t15-/m0/s1. The Kier molecular flexibility index (Phi) is 4.74. The van der Waals surface area contributed by atoms with Gasteiger partial charge in [0.2, 0.25) is 0 Å². The molecule has 0 fully saturated rings. The Morgan fingerprint density at radius 3 is 2.29 bits per heavy atom. The van der Waals surface area contributed by atoms with Crippen LogP contribution in [0.5, 0.6) is 0 Å². The lowest BCUT2D eigenvalue weighted by molar-refractivity contribution is -0.264. The number of aliphatic hydroxyl groups is 1. The number of alkyl halides is 3. The van der Waals surface area contributed by atoms with E-state index in [-0.39, 0.29) is 0 Å². The van der Waals surface area contributed by atoms with Crippen LogP contribution in [0.4, 0.5) is 17.6 Å². The topological polar surface area (TPSA) is 20.2 Å². The van der Waals surface area contributed by atoms with Gasteiger partial charge in [-0.15, -0.1) is 12.3 Å². The number of halogens is 4. The zero-order chi connectivity index (χ0) is 16.5. The van der Waals surface area contributed by atoms with Gasteiger partial charge in [0.1, 0.15) is 5.82 Å². The first kappa shape index (κ1) is 17.5. The highest BCUT2D eigenvalue weighted by molar-refractivity contribution is 5.33. The smallest absolute Gasteiger partial charge is 0.380 e. The van der Waals surface area contributed by atoms with Gasteiger partial charge in [-0.05, 0) is 42.0 Å².